The Morgan fingerprint density at radius 2 is 1.43 bits per heavy atom. The Morgan fingerprint density at radius 3 is 2.05 bits per heavy atom. The van der Waals surface area contributed by atoms with E-state index in [-0.39, 0.29) is 34.4 Å². The molecule has 4 atom stereocenters. The minimum absolute atomic E-state index is 0.0198. The van der Waals surface area contributed by atoms with Gasteiger partial charge in [0.05, 0.1) is 28.4 Å². The van der Waals surface area contributed by atoms with Crippen LogP contribution in [0.15, 0.2) is 83.8 Å². The van der Waals surface area contributed by atoms with Gasteiger partial charge in [0, 0.05) is 23.8 Å². The first-order chi connectivity index (χ1) is 21.3. The molecule has 3 heterocycles. The molecule has 1 spiro atoms. The van der Waals surface area contributed by atoms with Gasteiger partial charge in [0.15, 0.2) is 23.4 Å². The normalized spacial score (nSPS) is 26.5. The minimum atomic E-state index is -2.41. The highest BCUT2D eigenvalue weighted by Gasteiger charge is 2.78. The fraction of sp³-hybridized carbons (Fsp3) is 0.294. The van der Waals surface area contributed by atoms with E-state index in [4.69, 9.17) is 33.2 Å². The van der Waals surface area contributed by atoms with Gasteiger partial charge in [-0.15, -0.1) is 0 Å². The van der Waals surface area contributed by atoms with E-state index < -0.39 is 29.2 Å². The average molecular weight is 599 g/mol. The van der Waals surface area contributed by atoms with Crippen LogP contribution in [0.5, 0.6) is 28.7 Å². The van der Waals surface area contributed by atoms with Crippen LogP contribution in [0.4, 0.5) is 0 Å². The zero-order valence-electron chi connectivity index (χ0n) is 24.5. The van der Waals surface area contributed by atoms with Gasteiger partial charge in [-0.05, 0) is 48.2 Å². The molecule has 4 unspecified atom stereocenters. The van der Waals surface area contributed by atoms with Crippen molar-refractivity contribution in [3.05, 3.63) is 101 Å². The molecule has 10 heteroatoms. The molecule has 1 aliphatic carbocycles. The van der Waals surface area contributed by atoms with Crippen molar-refractivity contribution in [2.75, 3.05) is 28.4 Å². The van der Waals surface area contributed by atoms with Gasteiger partial charge >= 0.3 is 0 Å². The zero-order valence-corrected chi connectivity index (χ0v) is 24.5. The number of hydrogen-bond donors (Lipinski definition) is 1. The molecule has 3 aromatic carbocycles. The number of carbonyl (C=O) groups is 2. The first kappa shape index (κ1) is 27.8. The average Bonchev–Trinajstić information content (AvgIpc) is 3.33. The number of benzene rings is 3. The standard InChI is InChI=1S/C34H30O10/c1-38-20-9-5-18(6-10-20)25-14-13-23-24(35)17-28-34(32(23)42-25)33(37,31(43-28)19-7-11-21(39-2)12-8-19)30(36)29-26(41-4)15-22(40-3)16-27(29)44-34/h5-12,15-17,25,31,37H,13-14H2,1-4H3. The highest BCUT2D eigenvalue weighted by atomic mass is 16.6. The van der Waals surface area contributed by atoms with Crippen LogP contribution in [0, 0.1) is 0 Å². The lowest BCUT2D eigenvalue weighted by Crippen LogP contribution is -2.66. The minimum Gasteiger partial charge on any atom is -0.497 e. The van der Waals surface area contributed by atoms with Gasteiger partial charge in [-0.3, -0.25) is 9.59 Å². The maximum absolute atomic E-state index is 14.8. The lowest BCUT2D eigenvalue weighted by molar-refractivity contribution is -0.121. The summed E-state index contributed by atoms with van der Waals surface area (Å²) in [7, 11) is 6.02. The Hall–Kier alpha value is -4.96. The summed E-state index contributed by atoms with van der Waals surface area (Å²) in [4.78, 5) is 28.3. The van der Waals surface area contributed by atoms with Crippen LogP contribution in [0.3, 0.4) is 0 Å². The number of hydrogen-bond acceptors (Lipinski definition) is 10. The van der Waals surface area contributed by atoms with Gasteiger partial charge in [0.25, 0.3) is 5.60 Å². The molecular weight excluding hydrogens is 568 g/mol. The summed E-state index contributed by atoms with van der Waals surface area (Å²) in [5, 5.41) is 12.9. The fourth-order valence-corrected chi connectivity index (χ4v) is 6.59. The smallest absolute Gasteiger partial charge is 0.262 e. The summed E-state index contributed by atoms with van der Waals surface area (Å²) in [6.45, 7) is 0. The van der Waals surface area contributed by atoms with Crippen molar-refractivity contribution in [1.82, 2.24) is 0 Å². The number of ether oxygens (including phenoxy) is 7. The van der Waals surface area contributed by atoms with Gasteiger partial charge in [-0.2, -0.15) is 0 Å². The third-order valence-corrected chi connectivity index (χ3v) is 8.82. The molecule has 0 aromatic heterocycles. The van der Waals surface area contributed by atoms with Gasteiger partial charge in [-0.1, -0.05) is 24.3 Å². The Bertz CT molecular complexity index is 1740. The van der Waals surface area contributed by atoms with Crippen LogP contribution < -0.4 is 23.7 Å². The predicted molar refractivity (Wildman–Crippen MR) is 155 cm³/mol. The van der Waals surface area contributed by atoms with Crippen molar-refractivity contribution in [1.29, 1.82) is 0 Å². The monoisotopic (exact) mass is 598 g/mol. The lowest BCUT2D eigenvalue weighted by atomic mass is 9.67. The Balaban J connectivity index is 1.45. The molecule has 0 saturated carbocycles. The van der Waals surface area contributed by atoms with Gasteiger partial charge < -0.3 is 38.3 Å². The molecule has 0 radical (unpaired) electrons. The molecular formula is C34H30O10. The number of aliphatic hydroxyl groups is 1. The molecule has 1 saturated heterocycles. The highest BCUT2D eigenvalue weighted by molar-refractivity contribution is 6.13. The highest BCUT2D eigenvalue weighted by Crippen LogP contribution is 2.63. The summed E-state index contributed by atoms with van der Waals surface area (Å²) in [6.07, 6.45) is 0.317. The van der Waals surface area contributed by atoms with Crippen LogP contribution in [0.1, 0.15) is 46.5 Å². The quantitative estimate of drug-likeness (QED) is 0.424. The molecule has 3 aliphatic heterocycles. The van der Waals surface area contributed by atoms with E-state index in [0.717, 1.165) is 5.56 Å². The van der Waals surface area contributed by atoms with Crippen LogP contribution in [0.2, 0.25) is 0 Å². The molecule has 0 amide bonds. The van der Waals surface area contributed by atoms with Crippen LogP contribution in [-0.4, -0.2) is 56.3 Å². The lowest BCUT2D eigenvalue weighted by Gasteiger charge is -2.48. The number of allylic oxidation sites excluding steroid dienone is 2. The number of fused-ring (bicyclic) bond motifs is 1. The first-order valence-corrected chi connectivity index (χ1v) is 14.1. The zero-order chi connectivity index (χ0) is 30.8. The number of carbonyl (C=O) groups excluding carboxylic acids is 2. The maximum Gasteiger partial charge on any atom is 0.262 e. The number of methoxy groups -OCH3 is 4. The van der Waals surface area contributed by atoms with E-state index in [9.17, 15) is 14.7 Å². The van der Waals surface area contributed by atoms with E-state index in [1.54, 1.807) is 43.5 Å². The van der Waals surface area contributed by atoms with Crippen molar-refractivity contribution < 1.29 is 47.9 Å². The second-order valence-corrected chi connectivity index (χ2v) is 11.0. The summed E-state index contributed by atoms with van der Waals surface area (Å²) in [5.41, 5.74) is -2.81. The third kappa shape index (κ3) is 3.70. The molecule has 10 nitrogen and oxygen atoms in total. The Kier molecular flexibility index (Phi) is 6.36. The number of rotatable bonds is 6. The summed E-state index contributed by atoms with van der Waals surface area (Å²) < 4.78 is 41.4. The third-order valence-electron chi connectivity index (χ3n) is 8.82. The molecule has 1 N–H and O–H groups in total. The maximum atomic E-state index is 14.8. The molecule has 4 aliphatic rings. The van der Waals surface area contributed by atoms with E-state index in [1.807, 2.05) is 24.3 Å². The van der Waals surface area contributed by atoms with E-state index >= 15 is 0 Å². The van der Waals surface area contributed by atoms with Crippen molar-refractivity contribution >= 4 is 11.6 Å². The van der Waals surface area contributed by atoms with E-state index in [0.29, 0.717) is 41.2 Å². The number of ketones is 2. The molecule has 7 rings (SSSR count). The molecule has 226 valence electrons. The predicted octanol–water partition coefficient (Wildman–Crippen LogP) is 4.81. The molecule has 1 fully saturated rings. The van der Waals surface area contributed by atoms with Gasteiger partial charge in [-0.25, -0.2) is 0 Å². The fourth-order valence-electron chi connectivity index (χ4n) is 6.59. The van der Waals surface area contributed by atoms with Crippen LogP contribution >= 0.6 is 0 Å². The second-order valence-electron chi connectivity index (χ2n) is 11.0. The summed E-state index contributed by atoms with van der Waals surface area (Å²) in [5.74, 6) is 0.851. The summed E-state index contributed by atoms with van der Waals surface area (Å²) >= 11 is 0. The first-order valence-electron chi connectivity index (χ1n) is 14.1. The molecule has 44 heavy (non-hydrogen) atoms. The van der Waals surface area contributed by atoms with Crippen molar-refractivity contribution in [2.24, 2.45) is 0 Å². The SMILES string of the molecule is COc1ccc(C2CCC3=C(O2)C24Oc5cc(OC)cc(OC)c5C(=O)C2(O)C(c2ccc(OC)cc2)OC4=CC3=O)cc1. The largest absolute Gasteiger partial charge is 0.497 e. The molecule has 3 aromatic rings. The van der Waals surface area contributed by atoms with Crippen LogP contribution in [-0.2, 0) is 14.3 Å². The van der Waals surface area contributed by atoms with Crippen molar-refractivity contribution in [3.8, 4) is 28.7 Å². The van der Waals surface area contributed by atoms with Crippen LogP contribution in [0.25, 0.3) is 0 Å². The van der Waals surface area contributed by atoms with Gasteiger partial charge in [0.2, 0.25) is 11.4 Å². The van der Waals surface area contributed by atoms with E-state index in [1.165, 1.54) is 27.4 Å². The second kappa shape index (κ2) is 10.1. The topological polar surface area (TPSA) is 119 Å². The molecule has 0 bridgehead atoms. The van der Waals surface area contributed by atoms with E-state index in [2.05, 4.69) is 0 Å². The Labute approximate surface area is 253 Å². The summed E-state index contributed by atoms with van der Waals surface area (Å²) in [6, 6.07) is 17.3. The number of Topliss-reactive ketones (excluding diaryl/α,β-unsaturated/α-hetero) is 1. The van der Waals surface area contributed by atoms with Gasteiger partial charge in [0.1, 0.15) is 40.4 Å². The van der Waals surface area contributed by atoms with Crippen molar-refractivity contribution in [2.45, 2.75) is 36.3 Å². The Morgan fingerprint density at radius 1 is 0.795 bits per heavy atom. The van der Waals surface area contributed by atoms with Crippen molar-refractivity contribution in [3.63, 3.8) is 0 Å².